The zero-order chi connectivity index (χ0) is 19.2. The molecule has 0 amide bonds. The quantitative estimate of drug-likeness (QED) is 0.482. The van der Waals surface area contributed by atoms with Crippen LogP contribution in [0.3, 0.4) is 0 Å². The van der Waals surface area contributed by atoms with Crippen molar-refractivity contribution in [1.82, 2.24) is 0 Å². The van der Waals surface area contributed by atoms with Gasteiger partial charge in [-0.05, 0) is 61.0 Å². The third kappa shape index (κ3) is 4.52. The smallest absolute Gasteiger partial charge is 0.343 e. The number of rotatable bonds is 5. The van der Waals surface area contributed by atoms with E-state index in [0.717, 1.165) is 5.56 Å². The molecule has 0 radical (unpaired) electrons. The highest BCUT2D eigenvalue weighted by Gasteiger charge is 2.14. The van der Waals surface area contributed by atoms with Gasteiger partial charge in [0.2, 0.25) is 0 Å². The van der Waals surface area contributed by atoms with Crippen LogP contribution in [-0.2, 0) is 4.74 Å². The lowest BCUT2D eigenvalue weighted by Crippen LogP contribution is -2.09. The normalized spacial score (nSPS) is 10.1. The number of benzene rings is 3. The number of carbonyl (C=O) groups is 2. The Morgan fingerprint density at radius 1 is 0.741 bits per heavy atom. The summed E-state index contributed by atoms with van der Waals surface area (Å²) in [7, 11) is 1.33. The first-order valence-corrected chi connectivity index (χ1v) is 8.31. The van der Waals surface area contributed by atoms with Gasteiger partial charge in [0.15, 0.2) is 11.5 Å². The van der Waals surface area contributed by atoms with E-state index in [1.807, 2.05) is 19.1 Å². The van der Waals surface area contributed by atoms with E-state index >= 15 is 0 Å². The third-order valence-corrected chi connectivity index (χ3v) is 3.81. The van der Waals surface area contributed by atoms with Gasteiger partial charge in [0, 0.05) is 0 Å². The predicted octanol–water partition coefficient (Wildman–Crippen LogP) is 4.79. The van der Waals surface area contributed by atoms with Gasteiger partial charge in [-0.2, -0.15) is 0 Å². The van der Waals surface area contributed by atoms with E-state index in [-0.39, 0.29) is 0 Å². The second-order valence-electron chi connectivity index (χ2n) is 5.82. The molecule has 0 heterocycles. The van der Waals surface area contributed by atoms with Gasteiger partial charge in [-0.1, -0.05) is 24.3 Å². The maximum Gasteiger partial charge on any atom is 0.343 e. The first-order chi connectivity index (χ1) is 13.1. The number of hydrogen-bond acceptors (Lipinski definition) is 5. The molecule has 0 aliphatic carbocycles. The van der Waals surface area contributed by atoms with Crippen LogP contribution >= 0.6 is 0 Å². The lowest BCUT2D eigenvalue weighted by molar-refractivity contribution is 0.0600. The summed E-state index contributed by atoms with van der Waals surface area (Å²) in [4.78, 5) is 23.8. The maximum atomic E-state index is 12.3. The summed E-state index contributed by atoms with van der Waals surface area (Å²) in [5, 5.41) is 0. The number of carbonyl (C=O) groups excluding carboxylic acids is 2. The van der Waals surface area contributed by atoms with Crippen molar-refractivity contribution in [3.05, 3.63) is 89.5 Å². The fraction of sp³-hybridized carbons (Fsp3) is 0.0909. The Hall–Kier alpha value is -3.60. The number of ether oxygens (including phenoxy) is 3. The van der Waals surface area contributed by atoms with E-state index in [2.05, 4.69) is 4.74 Å². The van der Waals surface area contributed by atoms with Gasteiger partial charge in [0.1, 0.15) is 5.75 Å². The Bertz CT molecular complexity index is 946. The van der Waals surface area contributed by atoms with E-state index in [1.54, 1.807) is 60.7 Å². The summed E-state index contributed by atoms with van der Waals surface area (Å²) in [6.45, 7) is 1.91. The lowest BCUT2D eigenvalue weighted by Gasteiger charge is -2.12. The summed E-state index contributed by atoms with van der Waals surface area (Å²) in [6.07, 6.45) is 0. The standard InChI is InChI=1S/C22H18O5/c1-15-8-13-19(27-22(24)16-6-4-3-5-7-16)20(14-15)26-18-11-9-17(10-12-18)21(23)25-2/h3-14H,1-2H3. The van der Waals surface area contributed by atoms with Gasteiger partial charge in [0.05, 0.1) is 18.2 Å². The Morgan fingerprint density at radius 3 is 2.07 bits per heavy atom. The highest BCUT2D eigenvalue weighted by molar-refractivity contribution is 5.91. The minimum Gasteiger partial charge on any atom is -0.465 e. The predicted molar refractivity (Wildman–Crippen MR) is 100 cm³/mol. The SMILES string of the molecule is COC(=O)c1ccc(Oc2cc(C)ccc2OC(=O)c2ccccc2)cc1. The molecule has 0 N–H and O–H groups in total. The second kappa shape index (κ2) is 8.19. The molecule has 0 saturated carbocycles. The molecule has 0 aliphatic heterocycles. The van der Waals surface area contributed by atoms with Gasteiger partial charge < -0.3 is 14.2 Å². The first-order valence-electron chi connectivity index (χ1n) is 8.31. The van der Waals surface area contributed by atoms with E-state index in [4.69, 9.17) is 9.47 Å². The topological polar surface area (TPSA) is 61.8 Å². The van der Waals surface area contributed by atoms with Gasteiger partial charge in [0.25, 0.3) is 0 Å². The van der Waals surface area contributed by atoms with Crippen molar-refractivity contribution < 1.29 is 23.8 Å². The molecule has 0 fully saturated rings. The minimum atomic E-state index is -0.467. The molecule has 3 rings (SSSR count). The maximum absolute atomic E-state index is 12.3. The van der Waals surface area contributed by atoms with Crippen LogP contribution in [0.15, 0.2) is 72.8 Å². The molecule has 0 aliphatic rings. The van der Waals surface area contributed by atoms with Crippen LogP contribution in [0.1, 0.15) is 26.3 Å². The Morgan fingerprint density at radius 2 is 1.41 bits per heavy atom. The molecular formula is C22H18O5. The summed E-state index contributed by atoms with van der Waals surface area (Å²) < 4.78 is 16.0. The van der Waals surface area contributed by atoms with Crippen molar-refractivity contribution >= 4 is 11.9 Å². The highest BCUT2D eigenvalue weighted by Crippen LogP contribution is 2.33. The zero-order valence-electron chi connectivity index (χ0n) is 15.0. The molecule has 0 spiro atoms. The molecule has 5 nitrogen and oxygen atoms in total. The van der Waals surface area contributed by atoms with Gasteiger partial charge >= 0.3 is 11.9 Å². The van der Waals surface area contributed by atoms with Crippen molar-refractivity contribution in [3.8, 4) is 17.2 Å². The zero-order valence-corrected chi connectivity index (χ0v) is 15.0. The molecule has 0 saturated heterocycles. The first kappa shape index (κ1) is 18.2. The number of methoxy groups -OCH3 is 1. The van der Waals surface area contributed by atoms with Crippen LogP contribution in [0.25, 0.3) is 0 Å². The molecule has 0 unspecified atom stereocenters. The number of esters is 2. The molecule has 0 aromatic heterocycles. The van der Waals surface area contributed by atoms with E-state index < -0.39 is 11.9 Å². The van der Waals surface area contributed by atoms with Crippen molar-refractivity contribution in [1.29, 1.82) is 0 Å². The Kier molecular flexibility index (Phi) is 5.52. The number of aryl methyl sites for hydroxylation is 1. The molecular weight excluding hydrogens is 344 g/mol. The van der Waals surface area contributed by atoms with Crippen LogP contribution in [0.5, 0.6) is 17.2 Å². The minimum absolute atomic E-state index is 0.312. The Labute approximate surface area is 157 Å². The number of hydrogen-bond donors (Lipinski definition) is 0. The van der Waals surface area contributed by atoms with Crippen LogP contribution in [-0.4, -0.2) is 19.0 Å². The van der Waals surface area contributed by atoms with Gasteiger partial charge in [-0.3, -0.25) is 0 Å². The third-order valence-electron chi connectivity index (χ3n) is 3.81. The summed E-state index contributed by atoms with van der Waals surface area (Å²) in [5.41, 5.74) is 1.83. The van der Waals surface area contributed by atoms with Crippen LogP contribution < -0.4 is 9.47 Å². The monoisotopic (exact) mass is 362 g/mol. The van der Waals surface area contributed by atoms with Crippen molar-refractivity contribution in [3.63, 3.8) is 0 Å². The molecule has 27 heavy (non-hydrogen) atoms. The molecule has 136 valence electrons. The fourth-order valence-corrected chi connectivity index (χ4v) is 2.42. The van der Waals surface area contributed by atoms with Gasteiger partial charge in [-0.15, -0.1) is 0 Å². The van der Waals surface area contributed by atoms with Crippen molar-refractivity contribution in [2.75, 3.05) is 7.11 Å². The fourth-order valence-electron chi connectivity index (χ4n) is 2.42. The molecule has 0 atom stereocenters. The Balaban J connectivity index is 1.82. The van der Waals surface area contributed by atoms with Crippen molar-refractivity contribution in [2.24, 2.45) is 0 Å². The van der Waals surface area contributed by atoms with E-state index in [9.17, 15) is 9.59 Å². The van der Waals surface area contributed by atoms with Crippen LogP contribution in [0, 0.1) is 6.92 Å². The molecule has 0 bridgehead atoms. The molecule has 5 heteroatoms. The average Bonchev–Trinajstić information content (AvgIpc) is 2.70. The molecule has 3 aromatic rings. The highest BCUT2D eigenvalue weighted by atomic mass is 16.6. The van der Waals surface area contributed by atoms with E-state index in [1.165, 1.54) is 7.11 Å². The summed E-state index contributed by atoms with van der Waals surface area (Å²) in [6, 6.07) is 20.5. The largest absolute Gasteiger partial charge is 0.465 e. The average molecular weight is 362 g/mol. The van der Waals surface area contributed by atoms with Crippen LogP contribution in [0.2, 0.25) is 0 Å². The summed E-state index contributed by atoms with van der Waals surface area (Å²) in [5.74, 6) is 0.335. The lowest BCUT2D eigenvalue weighted by atomic mass is 10.2. The molecule has 3 aromatic carbocycles. The van der Waals surface area contributed by atoms with Gasteiger partial charge in [-0.25, -0.2) is 9.59 Å². The van der Waals surface area contributed by atoms with Crippen LogP contribution in [0.4, 0.5) is 0 Å². The van der Waals surface area contributed by atoms with Crippen molar-refractivity contribution in [2.45, 2.75) is 6.92 Å². The second-order valence-corrected chi connectivity index (χ2v) is 5.82. The summed E-state index contributed by atoms with van der Waals surface area (Å²) >= 11 is 0. The van der Waals surface area contributed by atoms with E-state index in [0.29, 0.717) is 28.4 Å².